The molecule has 0 fully saturated rings. The fourth-order valence-corrected chi connectivity index (χ4v) is 4.23. The molecule has 6 heteroatoms. The molecule has 0 radical (unpaired) electrons. The van der Waals surface area contributed by atoms with E-state index in [1.165, 1.54) is 0 Å². The molecule has 0 aliphatic heterocycles. The molecule has 0 unspecified atom stereocenters. The number of benzene rings is 2. The average Bonchev–Trinajstić information content (AvgIpc) is 2.83. The van der Waals surface area contributed by atoms with Crippen molar-refractivity contribution < 1.29 is 14.3 Å². The van der Waals surface area contributed by atoms with Gasteiger partial charge >= 0.3 is 0 Å². The Hall–Kier alpha value is -3.41. The molecule has 0 spiro atoms. The molecule has 34 heavy (non-hydrogen) atoms. The van der Waals surface area contributed by atoms with Gasteiger partial charge < -0.3 is 14.8 Å². The zero-order valence-corrected chi connectivity index (χ0v) is 20.6. The second-order valence-corrected chi connectivity index (χ2v) is 8.99. The van der Waals surface area contributed by atoms with Crippen molar-refractivity contribution in [2.75, 3.05) is 20.3 Å². The lowest BCUT2D eigenvalue weighted by atomic mass is 9.77. The Morgan fingerprint density at radius 1 is 1.06 bits per heavy atom. The number of unbranched alkanes of at least 4 members (excludes halogenated alkanes) is 1. The van der Waals surface area contributed by atoms with Gasteiger partial charge in [-0.05, 0) is 55.2 Å². The van der Waals surface area contributed by atoms with Crippen LogP contribution in [0.3, 0.4) is 0 Å². The van der Waals surface area contributed by atoms with Gasteiger partial charge in [-0.2, -0.15) is 0 Å². The second kappa shape index (κ2) is 10.7. The molecule has 3 aromatic rings. The van der Waals surface area contributed by atoms with Crippen LogP contribution >= 0.6 is 0 Å². The molecule has 6 nitrogen and oxygen atoms in total. The van der Waals surface area contributed by atoms with Crippen LogP contribution < -0.4 is 20.9 Å². The fraction of sp³-hybridized carbons (Fsp3) is 0.393. The van der Waals surface area contributed by atoms with Crippen molar-refractivity contribution >= 4 is 22.8 Å². The molecule has 0 heterocycles. The number of nitrogens with one attached hydrogen (secondary N) is 1. The van der Waals surface area contributed by atoms with E-state index in [4.69, 9.17) is 9.47 Å². The summed E-state index contributed by atoms with van der Waals surface area (Å²) in [4.78, 5) is 36.4. The zero-order chi connectivity index (χ0) is 24.9. The molecule has 0 aliphatic rings. The van der Waals surface area contributed by atoms with E-state index in [0.29, 0.717) is 12.4 Å². The van der Waals surface area contributed by atoms with Crippen molar-refractivity contribution in [1.82, 2.24) is 5.32 Å². The standard InChI is InChI=1S/C28H33NO5/c1-6-7-15-34-27-21(25(31)26(27)32)17-22(33-16-14-23(30)29-5)28(3,4)24-18(2)12-13-19-10-8-9-11-20(19)24/h8-13,17H,6-7,14-16H2,1-5H3,(H,29,30)/b22-17-. The average molecular weight is 464 g/mol. The van der Waals surface area contributed by atoms with E-state index in [9.17, 15) is 14.4 Å². The number of aryl methyl sites for hydroxylation is 1. The number of hydrogen-bond acceptors (Lipinski definition) is 5. The van der Waals surface area contributed by atoms with Crippen molar-refractivity contribution in [3.8, 4) is 5.75 Å². The quantitative estimate of drug-likeness (QED) is 0.259. The van der Waals surface area contributed by atoms with E-state index >= 15 is 0 Å². The minimum Gasteiger partial charge on any atom is -0.496 e. The number of ether oxygens (including phenoxy) is 2. The molecule has 1 N–H and O–H groups in total. The smallest absolute Gasteiger partial charge is 0.268 e. The molecule has 180 valence electrons. The fourth-order valence-electron chi connectivity index (χ4n) is 4.23. The monoisotopic (exact) mass is 463 g/mol. The third-order valence-electron chi connectivity index (χ3n) is 6.17. The van der Waals surface area contributed by atoms with E-state index in [2.05, 4.69) is 29.6 Å². The van der Waals surface area contributed by atoms with Gasteiger partial charge in [-0.3, -0.25) is 14.4 Å². The Morgan fingerprint density at radius 2 is 1.79 bits per heavy atom. The summed E-state index contributed by atoms with van der Waals surface area (Å²) in [5.74, 6) is 0.454. The largest absolute Gasteiger partial charge is 0.496 e. The van der Waals surface area contributed by atoms with Gasteiger partial charge in [0.1, 0.15) is 5.76 Å². The van der Waals surface area contributed by atoms with Crippen molar-refractivity contribution in [3.63, 3.8) is 0 Å². The summed E-state index contributed by atoms with van der Waals surface area (Å²) in [6, 6.07) is 12.3. The summed E-state index contributed by atoms with van der Waals surface area (Å²) in [6.07, 6.45) is 3.50. The lowest BCUT2D eigenvalue weighted by Gasteiger charge is -2.32. The second-order valence-electron chi connectivity index (χ2n) is 8.99. The van der Waals surface area contributed by atoms with Gasteiger partial charge in [0, 0.05) is 12.5 Å². The SMILES string of the molecule is CCCCOc1c(/C=C(\OCCC(=O)NC)C(C)(C)c2c(C)ccc3ccccc23)c(=O)c1=O. The summed E-state index contributed by atoms with van der Waals surface area (Å²) in [6.45, 7) is 8.64. The minimum atomic E-state index is -0.659. The first kappa shape index (κ1) is 25.2. The van der Waals surface area contributed by atoms with Crippen LogP contribution in [0.5, 0.6) is 5.75 Å². The highest BCUT2D eigenvalue weighted by atomic mass is 16.5. The summed E-state index contributed by atoms with van der Waals surface area (Å²) >= 11 is 0. The first-order valence-corrected chi connectivity index (χ1v) is 11.7. The molecule has 0 saturated carbocycles. The Bertz CT molecular complexity index is 1280. The molecular formula is C28H33NO5. The van der Waals surface area contributed by atoms with E-state index in [0.717, 1.165) is 34.7 Å². The summed E-state index contributed by atoms with van der Waals surface area (Å²) in [5.41, 5.74) is 0.518. The molecule has 1 amide bonds. The molecule has 3 rings (SSSR count). The van der Waals surface area contributed by atoms with Crippen LogP contribution in [-0.2, 0) is 14.9 Å². The number of allylic oxidation sites excluding steroid dienone is 1. The van der Waals surface area contributed by atoms with Gasteiger partial charge in [-0.15, -0.1) is 0 Å². The number of rotatable bonds is 11. The zero-order valence-electron chi connectivity index (χ0n) is 20.6. The third-order valence-corrected chi connectivity index (χ3v) is 6.17. The Morgan fingerprint density at radius 3 is 2.50 bits per heavy atom. The molecule has 0 aliphatic carbocycles. The predicted molar refractivity (Wildman–Crippen MR) is 136 cm³/mol. The number of carbonyl (C=O) groups excluding carboxylic acids is 1. The molecule has 0 atom stereocenters. The van der Waals surface area contributed by atoms with Crippen molar-refractivity contribution in [1.29, 1.82) is 0 Å². The number of amides is 1. The van der Waals surface area contributed by atoms with Crippen LogP contribution in [0.1, 0.15) is 56.7 Å². The maximum atomic E-state index is 12.5. The molecule has 3 aromatic carbocycles. The predicted octanol–water partition coefficient (Wildman–Crippen LogP) is 4.39. The maximum absolute atomic E-state index is 12.5. The van der Waals surface area contributed by atoms with Crippen LogP contribution in [-0.4, -0.2) is 26.2 Å². The first-order valence-electron chi connectivity index (χ1n) is 11.7. The van der Waals surface area contributed by atoms with Crippen molar-refractivity contribution in [3.05, 3.63) is 79.3 Å². The van der Waals surface area contributed by atoms with Crippen LogP contribution in [0.4, 0.5) is 0 Å². The highest BCUT2D eigenvalue weighted by Crippen LogP contribution is 2.40. The highest BCUT2D eigenvalue weighted by molar-refractivity contribution is 5.88. The van der Waals surface area contributed by atoms with Crippen LogP contribution in [0.2, 0.25) is 0 Å². The van der Waals surface area contributed by atoms with Gasteiger partial charge in [0.25, 0.3) is 5.43 Å². The number of carbonyl (C=O) groups is 1. The van der Waals surface area contributed by atoms with Crippen LogP contribution in [0.25, 0.3) is 16.8 Å². The summed E-state index contributed by atoms with van der Waals surface area (Å²) in [7, 11) is 1.58. The number of fused-ring (bicyclic) bond motifs is 1. The normalized spacial score (nSPS) is 12.2. The van der Waals surface area contributed by atoms with E-state index in [1.54, 1.807) is 13.1 Å². The van der Waals surface area contributed by atoms with Crippen molar-refractivity contribution in [2.45, 2.75) is 52.4 Å². The van der Waals surface area contributed by atoms with E-state index in [1.807, 2.05) is 39.8 Å². The topological polar surface area (TPSA) is 81.7 Å². The first-order chi connectivity index (χ1) is 16.2. The van der Waals surface area contributed by atoms with Gasteiger partial charge in [0.05, 0.1) is 25.2 Å². The summed E-state index contributed by atoms with van der Waals surface area (Å²) < 4.78 is 11.8. The summed E-state index contributed by atoms with van der Waals surface area (Å²) in [5, 5.41) is 4.76. The lowest BCUT2D eigenvalue weighted by Crippen LogP contribution is -2.36. The molecule has 0 saturated heterocycles. The van der Waals surface area contributed by atoms with Gasteiger partial charge in [0.15, 0.2) is 5.75 Å². The molecule has 0 bridgehead atoms. The van der Waals surface area contributed by atoms with Gasteiger partial charge in [0.2, 0.25) is 11.3 Å². The maximum Gasteiger partial charge on any atom is 0.268 e. The molecule has 0 aromatic heterocycles. The van der Waals surface area contributed by atoms with Crippen LogP contribution in [0, 0.1) is 6.92 Å². The Labute approximate surface area is 200 Å². The Balaban J connectivity index is 2.10. The number of hydrogen-bond donors (Lipinski definition) is 1. The highest BCUT2D eigenvalue weighted by Gasteiger charge is 2.33. The van der Waals surface area contributed by atoms with E-state index < -0.39 is 16.3 Å². The molecular weight excluding hydrogens is 430 g/mol. The third kappa shape index (κ3) is 5.06. The Kier molecular flexibility index (Phi) is 7.92. The van der Waals surface area contributed by atoms with Gasteiger partial charge in [-0.25, -0.2) is 0 Å². The lowest BCUT2D eigenvalue weighted by molar-refractivity contribution is -0.121. The van der Waals surface area contributed by atoms with Crippen molar-refractivity contribution in [2.24, 2.45) is 0 Å². The van der Waals surface area contributed by atoms with E-state index in [-0.39, 0.29) is 30.2 Å². The van der Waals surface area contributed by atoms with Crippen LogP contribution in [0.15, 0.2) is 51.7 Å². The minimum absolute atomic E-state index is 0.0938. The van der Waals surface area contributed by atoms with Gasteiger partial charge in [-0.1, -0.05) is 49.7 Å².